The number of carbonyl (C=O) groups is 1. The van der Waals surface area contributed by atoms with Gasteiger partial charge in [0.2, 0.25) is 0 Å². The van der Waals surface area contributed by atoms with Crippen LogP contribution in [0.4, 0.5) is 13.2 Å². The number of aliphatic hydroxyl groups is 2. The average molecular weight is 403 g/mol. The predicted octanol–water partition coefficient (Wildman–Crippen LogP) is 3.07. The van der Waals surface area contributed by atoms with E-state index in [9.17, 15) is 23.1 Å². The molecule has 1 aliphatic rings. The second kappa shape index (κ2) is 8.27. The number of nitrogens with zero attached hydrogens (tertiary/aromatic N) is 1. The second-order valence-electron chi connectivity index (χ2n) is 7.05. The molecule has 152 valence electrons. The zero-order valence-electron chi connectivity index (χ0n) is 15.5. The number of likely N-dealkylation sites (tertiary alicyclic amines) is 1. The van der Waals surface area contributed by atoms with Crippen molar-refractivity contribution >= 4 is 5.91 Å². The Bertz CT molecular complexity index is 937. The predicted molar refractivity (Wildman–Crippen MR) is 102 cm³/mol. The molecule has 2 N–H and O–H groups in total. The first-order valence-corrected chi connectivity index (χ1v) is 9.13. The van der Waals surface area contributed by atoms with E-state index in [0.717, 1.165) is 6.07 Å². The molecule has 4 nitrogen and oxygen atoms in total. The maximum absolute atomic E-state index is 13.5. The molecule has 0 aliphatic carbocycles. The van der Waals surface area contributed by atoms with E-state index in [0.29, 0.717) is 5.56 Å². The van der Waals surface area contributed by atoms with E-state index in [1.807, 2.05) is 0 Å². The Balaban J connectivity index is 1.82. The van der Waals surface area contributed by atoms with Crippen LogP contribution in [0.5, 0.6) is 0 Å². The first-order chi connectivity index (χ1) is 13.7. The van der Waals surface area contributed by atoms with Crippen molar-refractivity contribution in [1.82, 2.24) is 4.90 Å². The lowest BCUT2D eigenvalue weighted by atomic mass is 9.92. The third-order valence-electron chi connectivity index (χ3n) is 5.00. The van der Waals surface area contributed by atoms with E-state index >= 15 is 0 Å². The van der Waals surface area contributed by atoms with Crippen LogP contribution in [-0.2, 0) is 11.0 Å². The van der Waals surface area contributed by atoms with Gasteiger partial charge < -0.3 is 15.1 Å². The van der Waals surface area contributed by atoms with Crippen LogP contribution in [-0.4, -0.2) is 46.3 Å². The molecule has 0 radical (unpaired) electrons. The summed E-state index contributed by atoms with van der Waals surface area (Å²) in [6.07, 6.45) is -4.11. The van der Waals surface area contributed by atoms with Crippen LogP contribution in [0, 0.1) is 11.8 Å². The number of halogens is 3. The van der Waals surface area contributed by atoms with Crippen molar-refractivity contribution in [3.8, 4) is 23.0 Å². The Kier molecular flexibility index (Phi) is 5.96. The lowest BCUT2D eigenvalue weighted by molar-refractivity contribution is -0.137. The highest BCUT2D eigenvalue weighted by atomic mass is 19.4. The van der Waals surface area contributed by atoms with Gasteiger partial charge in [0, 0.05) is 24.6 Å². The normalized spacial score (nSPS) is 16.1. The summed E-state index contributed by atoms with van der Waals surface area (Å²) in [6, 6.07) is 12.0. The maximum Gasteiger partial charge on any atom is 0.417 e. The van der Waals surface area contributed by atoms with Crippen LogP contribution in [0.2, 0.25) is 0 Å². The number of alkyl halides is 3. The Morgan fingerprint density at radius 1 is 1.10 bits per heavy atom. The standard InChI is InChI=1S/C22H20F3NO3/c23-22(24,25)19-14-16(6-8-18(19)17-4-2-1-3-5-17)7-9-20(28)26-12-10-21(29,15-27)11-13-26/h1-6,8,14,27,29H,10-13,15H2. The van der Waals surface area contributed by atoms with Crippen molar-refractivity contribution in [2.24, 2.45) is 0 Å². The Labute approximate surface area is 166 Å². The van der Waals surface area contributed by atoms with Gasteiger partial charge in [0.25, 0.3) is 5.91 Å². The molecule has 2 aromatic carbocycles. The van der Waals surface area contributed by atoms with Crippen molar-refractivity contribution in [3.63, 3.8) is 0 Å². The molecule has 2 aromatic rings. The molecule has 0 atom stereocenters. The Hall–Kier alpha value is -2.82. The van der Waals surface area contributed by atoms with Gasteiger partial charge in [0.15, 0.2) is 0 Å². The van der Waals surface area contributed by atoms with Gasteiger partial charge in [-0.25, -0.2) is 0 Å². The number of rotatable bonds is 2. The second-order valence-corrected chi connectivity index (χ2v) is 7.05. The third kappa shape index (κ3) is 4.97. The van der Waals surface area contributed by atoms with E-state index in [-0.39, 0.29) is 43.7 Å². The summed E-state index contributed by atoms with van der Waals surface area (Å²) in [5.74, 6) is 4.37. The minimum absolute atomic E-state index is 0.0503. The number of amides is 1. The summed E-state index contributed by atoms with van der Waals surface area (Å²) in [5.41, 5.74) is -1.42. The molecule has 29 heavy (non-hydrogen) atoms. The van der Waals surface area contributed by atoms with Crippen LogP contribution >= 0.6 is 0 Å². The SMILES string of the molecule is O=C(C#Cc1ccc(-c2ccccc2)c(C(F)(F)F)c1)N1CCC(O)(CO)CC1. The first-order valence-electron chi connectivity index (χ1n) is 9.13. The summed E-state index contributed by atoms with van der Waals surface area (Å²) >= 11 is 0. The van der Waals surface area contributed by atoms with Crippen molar-refractivity contribution in [3.05, 3.63) is 59.7 Å². The van der Waals surface area contributed by atoms with E-state index in [1.165, 1.54) is 17.0 Å². The molecule has 0 bridgehead atoms. The minimum atomic E-state index is -4.56. The molecule has 7 heteroatoms. The number of carbonyl (C=O) groups excluding carboxylic acids is 1. The summed E-state index contributed by atoms with van der Waals surface area (Å²) in [4.78, 5) is 13.6. The average Bonchev–Trinajstić information content (AvgIpc) is 2.72. The molecular weight excluding hydrogens is 383 g/mol. The molecule has 1 saturated heterocycles. The monoisotopic (exact) mass is 403 g/mol. The van der Waals surface area contributed by atoms with Crippen LogP contribution in [0.1, 0.15) is 24.0 Å². The summed E-state index contributed by atoms with van der Waals surface area (Å²) < 4.78 is 40.6. The van der Waals surface area contributed by atoms with Gasteiger partial charge in [-0.2, -0.15) is 13.2 Å². The van der Waals surface area contributed by atoms with Crippen LogP contribution in [0.15, 0.2) is 48.5 Å². The van der Waals surface area contributed by atoms with E-state index in [4.69, 9.17) is 5.11 Å². The highest BCUT2D eigenvalue weighted by Gasteiger charge is 2.34. The topological polar surface area (TPSA) is 60.8 Å². The largest absolute Gasteiger partial charge is 0.417 e. The van der Waals surface area contributed by atoms with Gasteiger partial charge in [0.05, 0.1) is 17.8 Å². The van der Waals surface area contributed by atoms with Crippen molar-refractivity contribution < 1.29 is 28.2 Å². The molecule has 0 unspecified atom stereocenters. The molecule has 0 aromatic heterocycles. The van der Waals surface area contributed by atoms with Gasteiger partial charge in [-0.1, -0.05) is 42.3 Å². The third-order valence-corrected chi connectivity index (χ3v) is 5.00. The fraction of sp³-hybridized carbons (Fsp3) is 0.318. The molecule has 1 aliphatic heterocycles. The minimum Gasteiger partial charge on any atom is -0.393 e. The molecule has 0 saturated carbocycles. The number of piperidine rings is 1. The van der Waals surface area contributed by atoms with Crippen molar-refractivity contribution in [2.45, 2.75) is 24.6 Å². The zero-order chi connectivity index (χ0) is 21.1. The molecule has 1 heterocycles. The highest BCUT2D eigenvalue weighted by molar-refractivity contribution is 5.94. The fourth-order valence-electron chi connectivity index (χ4n) is 3.21. The molecule has 1 fully saturated rings. The Morgan fingerprint density at radius 3 is 2.34 bits per heavy atom. The number of hydrogen-bond donors (Lipinski definition) is 2. The van der Waals surface area contributed by atoms with Gasteiger partial charge in [-0.3, -0.25) is 4.79 Å². The van der Waals surface area contributed by atoms with Crippen molar-refractivity contribution in [2.75, 3.05) is 19.7 Å². The molecule has 3 rings (SSSR count). The van der Waals surface area contributed by atoms with E-state index in [1.54, 1.807) is 30.3 Å². The maximum atomic E-state index is 13.5. The van der Waals surface area contributed by atoms with Gasteiger partial charge in [0.1, 0.15) is 0 Å². The molecule has 1 amide bonds. The van der Waals surface area contributed by atoms with Crippen LogP contribution in [0.25, 0.3) is 11.1 Å². The van der Waals surface area contributed by atoms with Gasteiger partial charge >= 0.3 is 6.18 Å². The fourth-order valence-corrected chi connectivity index (χ4v) is 3.21. The first kappa shape index (κ1) is 20.9. The number of aliphatic hydroxyl groups excluding tert-OH is 1. The molecular formula is C22H20F3NO3. The smallest absolute Gasteiger partial charge is 0.393 e. The summed E-state index contributed by atoms with van der Waals surface area (Å²) in [6.45, 7) is 0.0747. The van der Waals surface area contributed by atoms with Gasteiger partial charge in [-0.05, 0) is 36.1 Å². The lowest BCUT2D eigenvalue weighted by Crippen LogP contribution is -2.48. The zero-order valence-corrected chi connectivity index (χ0v) is 15.5. The number of hydrogen-bond acceptors (Lipinski definition) is 3. The van der Waals surface area contributed by atoms with Crippen LogP contribution in [0.3, 0.4) is 0 Å². The quantitative estimate of drug-likeness (QED) is 0.758. The lowest BCUT2D eigenvalue weighted by Gasteiger charge is -2.36. The van der Waals surface area contributed by atoms with Crippen molar-refractivity contribution in [1.29, 1.82) is 0 Å². The van der Waals surface area contributed by atoms with E-state index in [2.05, 4.69) is 11.8 Å². The van der Waals surface area contributed by atoms with Crippen LogP contribution < -0.4 is 0 Å². The number of benzene rings is 2. The summed E-state index contributed by atoms with van der Waals surface area (Å²) in [7, 11) is 0. The highest BCUT2D eigenvalue weighted by Crippen LogP contribution is 2.37. The molecule has 0 spiro atoms. The van der Waals surface area contributed by atoms with Gasteiger partial charge in [-0.15, -0.1) is 0 Å². The Morgan fingerprint density at radius 2 is 1.76 bits per heavy atom. The van der Waals surface area contributed by atoms with E-state index < -0.39 is 23.2 Å². The summed E-state index contributed by atoms with van der Waals surface area (Å²) in [5, 5.41) is 19.1.